The third-order valence-corrected chi connectivity index (χ3v) is 26.3. The first-order valence-electron chi connectivity index (χ1n) is 54.0. The van der Waals surface area contributed by atoms with Crippen molar-refractivity contribution >= 4 is 118 Å². The molecule has 2 rings (SSSR count). The van der Waals surface area contributed by atoms with E-state index in [9.17, 15) is 87.2 Å². The highest BCUT2D eigenvalue weighted by Gasteiger charge is 2.33. The first kappa shape index (κ1) is 132. The van der Waals surface area contributed by atoms with Crippen molar-refractivity contribution in [3.63, 3.8) is 0 Å². The topological polar surface area (TPSA) is 599 Å². The van der Waals surface area contributed by atoms with Crippen LogP contribution in [-0.2, 0) is 110 Å². The molecule has 18 N–H and O–H groups in total. The molecule has 2 saturated carbocycles. The lowest BCUT2D eigenvalue weighted by Crippen LogP contribution is -2.48. The predicted molar refractivity (Wildman–Crippen MR) is 552 cm³/mol. The van der Waals surface area contributed by atoms with Crippen LogP contribution >= 0.6 is 22.9 Å². The van der Waals surface area contributed by atoms with Gasteiger partial charge in [-0.05, 0) is 140 Å². The van der Waals surface area contributed by atoms with Gasteiger partial charge in [-0.25, -0.2) is 13.1 Å². The number of nitrogens with one attached hydrogen (secondary N) is 13. The zero-order chi connectivity index (χ0) is 105. The Bertz CT molecular complexity index is 3480. The number of unbranched alkanes of at least 4 members (excludes halogenated alkanes) is 32. The largest absolute Gasteiger partial charge is 0.481 e. The molecule has 2 fully saturated rings. The Morgan fingerprint density at radius 2 is 0.514 bits per heavy atom. The quantitative estimate of drug-likeness (QED) is 0.00884. The summed E-state index contributed by atoms with van der Waals surface area (Å²) in [6.45, 7) is 3.04. The summed E-state index contributed by atoms with van der Waals surface area (Å²) in [4.78, 5) is 184. The smallest absolute Gasteiger partial charge is 0.326 e. The van der Waals surface area contributed by atoms with Crippen LogP contribution in [0, 0.1) is 29.1 Å². The number of carbonyl (C=O) groups excluding carboxylic acids is 10. The molecule has 0 heterocycles. The van der Waals surface area contributed by atoms with E-state index in [1.54, 1.807) is 22.9 Å². The van der Waals surface area contributed by atoms with Gasteiger partial charge in [-0.2, -0.15) is 0 Å². The molecule has 0 aromatic rings. The van der Waals surface area contributed by atoms with Crippen molar-refractivity contribution in [3.05, 3.63) is 0 Å². The van der Waals surface area contributed by atoms with E-state index in [1.807, 2.05) is 0 Å². The minimum Gasteiger partial charge on any atom is -0.481 e. The molecule has 4 atom stereocenters. The number of halogens is 1. The molecule has 0 saturated heterocycles. The van der Waals surface area contributed by atoms with Crippen molar-refractivity contribution in [1.82, 2.24) is 62.0 Å². The highest BCUT2D eigenvalue weighted by molar-refractivity contribution is 14.1. The number of amides is 10. The van der Waals surface area contributed by atoms with Crippen molar-refractivity contribution in [3.8, 4) is 0 Å². The molecule has 830 valence electrons. The normalized spacial score (nSPS) is 15.3. The fraction of sp³-hybridized carbons (Fsp3) is 0.843. The van der Waals surface area contributed by atoms with Gasteiger partial charge in [-0.15, -0.1) is 0 Å². The molecule has 0 aliphatic heterocycles. The number of ether oxygens (including phenoxy) is 8. The summed E-state index contributed by atoms with van der Waals surface area (Å²) >= 11 is 1.79. The number of aliphatic carboxylic acids is 5. The van der Waals surface area contributed by atoms with Gasteiger partial charge in [0.05, 0.1) is 79.3 Å². The van der Waals surface area contributed by atoms with Gasteiger partial charge in [0.25, 0.3) is 0 Å². The molecule has 144 heavy (non-hydrogen) atoms. The maximum absolute atomic E-state index is 13.4. The van der Waals surface area contributed by atoms with Crippen LogP contribution in [0.1, 0.15) is 347 Å². The predicted octanol–water partition coefficient (Wildman–Crippen LogP) is 10.2. The molecule has 0 spiro atoms. The molecule has 10 amide bonds. The van der Waals surface area contributed by atoms with E-state index in [0.717, 1.165) is 103 Å². The van der Waals surface area contributed by atoms with Crippen LogP contribution < -0.4 is 62.0 Å². The molecule has 0 unspecified atom stereocenters. The summed E-state index contributed by atoms with van der Waals surface area (Å²) in [5, 5.41) is 85.6. The maximum Gasteiger partial charge on any atom is 0.326 e. The molecule has 0 aromatic carbocycles. The van der Waals surface area contributed by atoms with Crippen LogP contribution in [0.25, 0.3) is 0 Å². The van der Waals surface area contributed by atoms with Gasteiger partial charge in [0, 0.05) is 126 Å². The van der Waals surface area contributed by atoms with Crippen molar-refractivity contribution in [2.45, 2.75) is 371 Å². The fourth-order valence-corrected chi connectivity index (χ4v) is 17.4. The lowest BCUT2D eigenvalue weighted by Gasteiger charge is -2.28. The van der Waals surface area contributed by atoms with Crippen LogP contribution in [0.3, 0.4) is 0 Å². The second-order valence-corrected chi connectivity index (χ2v) is 38.5. The molecule has 0 aromatic heterocycles. The Morgan fingerprint density at radius 3 is 0.819 bits per heavy atom. The monoisotopic (exact) mass is 2160 g/mol. The lowest BCUT2D eigenvalue weighted by molar-refractivity contribution is -0.143. The lowest BCUT2D eigenvalue weighted by atomic mass is 9.81. The van der Waals surface area contributed by atoms with Gasteiger partial charge < -0.3 is 122 Å². The van der Waals surface area contributed by atoms with Gasteiger partial charge >= 0.3 is 29.8 Å². The van der Waals surface area contributed by atoms with Crippen molar-refractivity contribution in [2.24, 2.45) is 23.7 Å². The van der Waals surface area contributed by atoms with E-state index in [4.69, 9.17) is 53.5 Å². The average molecular weight is 2170 g/mol. The average Bonchev–Trinajstić information content (AvgIpc) is 0.870. The summed E-state index contributed by atoms with van der Waals surface area (Å²) in [6.07, 6.45) is 46.0. The van der Waals surface area contributed by atoms with Crippen LogP contribution in [0.15, 0.2) is 0 Å². The SMILES string of the molecule is N=C(COCCOCCNC(=O)COCCOCCNC(=O)CC[C@H](NC(=O)[C@H]1CC[C@H](CNC(=O)CCCCCCCCCCCCCCCCCCC(=O)O)CC1)C(=O)O)N[C@@H](CCCCNC(=O)COCCOCCNC(=O)COCCOCCNC(=O)CC[C@H](NC(=O)[C@H]1CC[C@H](CNC(=O)CCCCCCCCCCCCCCCCCCC(=O)O)CC1)C(=O)O)C(=O)NCCCC[C@H](NI)C(=O)O. The van der Waals surface area contributed by atoms with Gasteiger partial charge in [-0.1, -0.05) is 180 Å². The second-order valence-electron chi connectivity index (χ2n) is 37.9. The molecular weight excluding hydrogens is 1980 g/mol. The van der Waals surface area contributed by atoms with E-state index < -0.39 is 65.8 Å². The molecule has 0 bridgehead atoms. The number of carbonyl (C=O) groups is 15. The van der Waals surface area contributed by atoms with Crippen LogP contribution in [0.5, 0.6) is 0 Å². The van der Waals surface area contributed by atoms with Gasteiger partial charge in [0.1, 0.15) is 56.4 Å². The van der Waals surface area contributed by atoms with Crippen LogP contribution in [0.2, 0.25) is 0 Å². The standard InChI is InChI=1S/C102H182IN13O28/c103-116-86(102(135)136)38-34-36-56-110-99(130)83(113-87(104)75-141-69-65-139-63-59-108-93(122)77-143-71-66-137-61-57-106-90(119)53-51-84(100(131)132)114-97(128)81-47-43-79(44-48-81)73-111-88(117)39-29-25-21-17-13-9-5-1-3-7-11-15-19-23-27-31-41-95(124)125)37-33-35-55-105-92(121)76-142-70-68-140-64-60-109-94(123)78-144-72-67-138-62-58-107-91(120)54-52-85(101(133)134)115-98(129)82-49-45-80(46-50-82)74-112-89(118)40-30-26-22-18-14-10-6-2-4-8-12-16-20-24-28-32-42-96(126)127/h79-86,116H,1-78H2,(H2,104,113)(H,105,121)(H,106,119)(H,107,120)(H,108,122)(H,109,123)(H,110,130)(H,111,117)(H,112,118)(H,114,128)(H,115,129)(H,124,125)(H,126,127)(H,131,132)(H,133,134)(H,135,136)/t79-,80-,81-,82-,83-,84-,85-,86-/m0/s1. The Labute approximate surface area is 868 Å². The number of hydrogen-bond donors (Lipinski definition) is 18. The number of hydrogen-bond acceptors (Lipinski definition) is 25. The number of amidine groups is 1. The first-order chi connectivity index (χ1) is 69.8. The Kier molecular flexibility index (Phi) is 84.5. The van der Waals surface area contributed by atoms with Crippen molar-refractivity contribution in [1.29, 1.82) is 5.41 Å². The third kappa shape index (κ3) is 80.0. The highest BCUT2D eigenvalue weighted by Crippen LogP contribution is 2.31. The van der Waals surface area contributed by atoms with Crippen LogP contribution in [0.4, 0.5) is 0 Å². The summed E-state index contributed by atoms with van der Waals surface area (Å²) in [6, 6.07) is -4.01. The van der Waals surface area contributed by atoms with E-state index >= 15 is 0 Å². The zero-order valence-electron chi connectivity index (χ0n) is 86.3. The van der Waals surface area contributed by atoms with E-state index in [1.165, 1.54) is 128 Å². The molecule has 41 nitrogen and oxygen atoms in total. The number of carboxylic acids is 5. The summed E-state index contributed by atoms with van der Waals surface area (Å²) in [7, 11) is 0. The Morgan fingerprint density at radius 1 is 0.250 bits per heavy atom. The van der Waals surface area contributed by atoms with Crippen molar-refractivity contribution < 1.29 is 135 Å². The van der Waals surface area contributed by atoms with Crippen LogP contribution in [-0.4, -0.2) is 303 Å². The van der Waals surface area contributed by atoms with Gasteiger partial charge in [0.15, 0.2) is 0 Å². The Hall–Kier alpha value is -8.11. The second kappa shape index (κ2) is 92.3. The minimum absolute atomic E-state index is 0.0480. The van der Waals surface area contributed by atoms with E-state index in [0.29, 0.717) is 90.1 Å². The third-order valence-electron chi connectivity index (χ3n) is 25.5. The molecular formula is C102H182IN13O28. The van der Waals surface area contributed by atoms with E-state index in [2.05, 4.69) is 62.0 Å². The molecule has 2 aliphatic rings. The Balaban J connectivity index is 1.46. The van der Waals surface area contributed by atoms with Gasteiger partial charge in [0.2, 0.25) is 59.1 Å². The first-order valence-corrected chi connectivity index (χ1v) is 55.0. The van der Waals surface area contributed by atoms with Crippen molar-refractivity contribution in [2.75, 3.05) is 158 Å². The zero-order valence-corrected chi connectivity index (χ0v) is 88.4. The molecule has 42 heteroatoms. The molecule has 2 aliphatic carbocycles. The van der Waals surface area contributed by atoms with E-state index in [-0.39, 0.29) is 260 Å². The maximum atomic E-state index is 13.4. The summed E-state index contributed by atoms with van der Waals surface area (Å²) in [5.74, 6) is -8.02. The minimum atomic E-state index is -1.23. The number of rotatable bonds is 100. The molecule has 0 radical (unpaired) electrons. The summed E-state index contributed by atoms with van der Waals surface area (Å²) in [5.41, 5.74) is 0. The number of carboxylic acid groups (broad SMARTS) is 5. The summed E-state index contributed by atoms with van der Waals surface area (Å²) < 4.78 is 46.5. The fourth-order valence-electron chi connectivity index (χ4n) is 16.9. The van der Waals surface area contributed by atoms with Gasteiger partial charge in [-0.3, -0.25) is 67.7 Å². The highest BCUT2D eigenvalue weighted by atomic mass is 127.